The molecule has 1 unspecified atom stereocenters. The van der Waals surface area contributed by atoms with Gasteiger partial charge >= 0.3 is 0 Å². The van der Waals surface area contributed by atoms with Crippen LogP contribution in [0.4, 0.5) is 5.13 Å². The number of rotatable bonds is 2. The Kier molecular flexibility index (Phi) is 2.55. The van der Waals surface area contributed by atoms with Gasteiger partial charge in [0.25, 0.3) is 0 Å². The standard InChI is InChI=1S/C11H11N3OS/c1-2-4-9-8(3-1)5-15-6-10(9)13-11-14-12-7-16-11/h1-4,7,10H,5-6H2,(H,13,14). The average molecular weight is 233 g/mol. The minimum absolute atomic E-state index is 0.179. The molecule has 1 atom stereocenters. The van der Waals surface area contributed by atoms with Gasteiger partial charge in [-0.05, 0) is 11.1 Å². The summed E-state index contributed by atoms with van der Waals surface area (Å²) in [6, 6.07) is 8.51. The normalized spacial score (nSPS) is 19.1. The fourth-order valence-electron chi connectivity index (χ4n) is 1.89. The fourth-order valence-corrected chi connectivity index (χ4v) is 2.39. The van der Waals surface area contributed by atoms with Gasteiger partial charge in [0.05, 0.1) is 19.3 Å². The molecule has 5 heteroatoms. The summed E-state index contributed by atoms with van der Waals surface area (Å²) in [4.78, 5) is 0. The number of hydrogen-bond acceptors (Lipinski definition) is 5. The molecular formula is C11H11N3OS. The minimum Gasteiger partial charge on any atom is -0.374 e. The highest BCUT2D eigenvalue weighted by molar-refractivity contribution is 7.13. The number of fused-ring (bicyclic) bond motifs is 1. The fraction of sp³-hybridized carbons (Fsp3) is 0.273. The number of ether oxygens (including phenoxy) is 1. The summed E-state index contributed by atoms with van der Waals surface area (Å²) in [5.41, 5.74) is 4.26. The first kappa shape index (κ1) is 9.74. The zero-order valence-corrected chi connectivity index (χ0v) is 9.41. The molecule has 1 aliphatic heterocycles. The Morgan fingerprint density at radius 2 is 2.31 bits per heavy atom. The first-order valence-electron chi connectivity index (χ1n) is 5.12. The van der Waals surface area contributed by atoms with E-state index in [-0.39, 0.29) is 6.04 Å². The molecule has 0 bridgehead atoms. The molecule has 1 aliphatic rings. The second-order valence-electron chi connectivity index (χ2n) is 3.65. The molecule has 1 N–H and O–H groups in total. The lowest BCUT2D eigenvalue weighted by Gasteiger charge is -2.26. The van der Waals surface area contributed by atoms with Crippen molar-refractivity contribution in [3.63, 3.8) is 0 Å². The third kappa shape index (κ3) is 1.79. The zero-order valence-electron chi connectivity index (χ0n) is 8.59. The molecule has 0 radical (unpaired) electrons. The minimum atomic E-state index is 0.179. The van der Waals surface area contributed by atoms with Crippen LogP contribution in [-0.2, 0) is 11.3 Å². The second kappa shape index (κ2) is 4.19. The number of benzene rings is 1. The summed E-state index contributed by atoms with van der Waals surface area (Å²) < 4.78 is 5.55. The summed E-state index contributed by atoms with van der Waals surface area (Å²) in [6.07, 6.45) is 0. The third-order valence-electron chi connectivity index (χ3n) is 2.63. The van der Waals surface area contributed by atoms with Gasteiger partial charge in [0, 0.05) is 0 Å². The Bertz CT molecular complexity index is 472. The van der Waals surface area contributed by atoms with Crippen molar-refractivity contribution >= 4 is 16.5 Å². The molecule has 0 saturated carbocycles. The highest BCUT2D eigenvalue weighted by Crippen LogP contribution is 2.27. The summed E-state index contributed by atoms with van der Waals surface area (Å²) in [5.74, 6) is 0. The van der Waals surface area contributed by atoms with Crippen molar-refractivity contribution in [2.24, 2.45) is 0 Å². The SMILES string of the molecule is c1ccc2c(c1)COCC2Nc1nncs1. The van der Waals surface area contributed by atoms with Crippen LogP contribution in [0.5, 0.6) is 0 Å². The molecule has 4 nitrogen and oxygen atoms in total. The van der Waals surface area contributed by atoms with Gasteiger partial charge in [-0.1, -0.05) is 35.6 Å². The predicted octanol–water partition coefficient (Wildman–Crippen LogP) is 2.22. The Hall–Kier alpha value is -1.46. The van der Waals surface area contributed by atoms with Gasteiger partial charge in [0.1, 0.15) is 5.51 Å². The zero-order chi connectivity index (χ0) is 10.8. The average Bonchev–Trinajstić information content (AvgIpc) is 2.82. The van der Waals surface area contributed by atoms with Crippen LogP contribution in [0.2, 0.25) is 0 Å². The van der Waals surface area contributed by atoms with E-state index in [1.165, 1.54) is 22.5 Å². The van der Waals surface area contributed by atoms with E-state index in [9.17, 15) is 0 Å². The highest BCUT2D eigenvalue weighted by Gasteiger charge is 2.20. The maximum Gasteiger partial charge on any atom is 0.205 e. The molecule has 16 heavy (non-hydrogen) atoms. The molecule has 0 amide bonds. The van der Waals surface area contributed by atoms with E-state index < -0.39 is 0 Å². The van der Waals surface area contributed by atoms with Gasteiger partial charge in [0.2, 0.25) is 5.13 Å². The summed E-state index contributed by atoms with van der Waals surface area (Å²) in [7, 11) is 0. The molecule has 0 saturated heterocycles. The van der Waals surface area contributed by atoms with E-state index in [0.717, 1.165) is 5.13 Å². The van der Waals surface area contributed by atoms with Crippen molar-refractivity contribution in [2.75, 3.05) is 11.9 Å². The van der Waals surface area contributed by atoms with Gasteiger partial charge in [0.15, 0.2) is 0 Å². The maximum atomic E-state index is 5.55. The highest BCUT2D eigenvalue weighted by atomic mass is 32.1. The van der Waals surface area contributed by atoms with Crippen LogP contribution in [0.25, 0.3) is 0 Å². The Labute approximate surface area is 97.3 Å². The van der Waals surface area contributed by atoms with Crippen LogP contribution >= 0.6 is 11.3 Å². The Balaban J connectivity index is 1.87. The number of aromatic nitrogens is 2. The number of anilines is 1. The molecule has 0 aliphatic carbocycles. The van der Waals surface area contributed by atoms with Gasteiger partial charge in [-0.2, -0.15) is 0 Å². The topological polar surface area (TPSA) is 47.0 Å². The van der Waals surface area contributed by atoms with Gasteiger partial charge < -0.3 is 10.1 Å². The number of hydrogen-bond donors (Lipinski definition) is 1. The lowest BCUT2D eigenvalue weighted by Crippen LogP contribution is -2.23. The Morgan fingerprint density at radius 3 is 3.19 bits per heavy atom. The molecule has 1 aromatic heterocycles. The van der Waals surface area contributed by atoms with E-state index in [1.807, 2.05) is 6.07 Å². The third-order valence-corrected chi connectivity index (χ3v) is 3.25. The molecule has 2 heterocycles. The van der Waals surface area contributed by atoms with Crippen molar-refractivity contribution < 1.29 is 4.74 Å². The van der Waals surface area contributed by atoms with E-state index >= 15 is 0 Å². The van der Waals surface area contributed by atoms with E-state index in [4.69, 9.17) is 4.74 Å². The molecule has 2 aromatic rings. The predicted molar refractivity (Wildman–Crippen MR) is 62.4 cm³/mol. The number of nitrogens with zero attached hydrogens (tertiary/aromatic N) is 2. The van der Waals surface area contributed by atoms with Gasteiger partial charge in [-0.3, -0.25) is 0 Å². The second-order valence-corrected chi connectivity index (χ2v) is 4.49. The van der Waals surface area contributed by atoms with Crippen LogP contribution in [0.3, 0.4) is 0 Å². The monoisotopic (exact) mass is 233 g/mol. The molecular weight excluding hydrogens is 222 g/mol. The van der Waals surface area contributed by atoms with E-state index in [2.05, 4.69) is 33.7 Å². The van der Waals surface area contributed by atoms with Crippen LogP contribution < -0.4 is 5.32 Å². The van der Waals surface area contributed by atoms with E-state index in [0.29, 0.717) is 13.2 Å². The van der Waals surface area contributed by atoms with Crippen LogP contribution in [-0.4, -0.2) is 16.8 Å². The first-order chi connectivity index (χ1) is 7.93. The summed E-state index contributed by atoms with van der Waals surface area (Å²) >= 11 is 1.50. The maximum absolute atomic E-state index is 5.55. The van der Waals surface area contributed by atoms with Crippen molar-refractivity contribution in [2.45, 2.75) is 12.6 Å². The molecule has 3 rings (SSSR count). The van der Waals surface area contributed by atoms with Crippen molar-refractivity contribution in [3.8, 4) is 0 Å². The van der Waals surface area contributed by atoms with Crippen molar-refractivity contribution in [1.29, 1.82) is 0 Å². The van der Waals surface area contributed by atoms with Crippen LogP contribution in [0.1, 0.15) is 17.2 Å². The molecule has 0 spiro atoms. The first-order valence-corrected chi connectivity index (χ1v) is 6.00. The van der Waals surface area contributed by atoms with Gasteiger partial charge in [-0.15, -0.1) is 10.2 Å². The van der Waals surface area contributed by atoms with E-state index in [1.54, 1.807) is 5.51 Å². The van der Waals surface area contributed by atoms with Crippen LogP contribution in [0.15, 0.2) is 29.8 Å². The quantitative estimate of drug-likeness (QED) is 0.864. The summed E-state index contributed by atoms with van der Waals surface area (Å²) in [5, 5.41) is 12.0. The Morgan fingerprint density at radius 1 is 1.38 bits per heavy atom. The lowest BCUT2D eigenvalue weighted by molar-refractivity contribution is 0.0970. The smallest absolute Gasteiger partial charge is 0.205 e. The number of nitrogens with one attached hydrogen (secondary N) is 1. The van der Waals surface area contributed by atoms with Gasteiger partial charge in [-0.25, -0.2) is 0 Å². The molecule has 82 valence electrons. The largest absolute Gasteiger partial charge is 0.374 e. The molecule has 1 aromatic carbocycles. The summed E-state index contributed by atoms with van der Waals surface area (Å²) in [6.45, 7) is 1.38. The van der Waals surface area contributed by atoms with Crippen LogP contribution in [0, 0.1) is 0 Å². The van der Waals surface area contributed by atoms with Crippen molar-refractivity contribution in [1.82, 2.24) is 10.2 Å². The van der Waals surface area contributed by atoms with Crippen molar-refractivity contribution in [3.05, 3.63) is 40.9 Å². The molecule has 0 fully saturated rings. The lowest BCUT2D eigenvalue weighted by atomic mass is 9.99.